The van der Waals surface area contributed by atoms with Crippen molar-refractivity contribution in [1.82, 2.24) is 0 Å². The summed E-state index contributed by atoms with van der Waals surface area (Å²) in [6.45, 7) is 6.40. The van der Waals surface area contributed by atoms with Crippen LogP contribution in [0.2, 0.25) is 0 Å². The molecule has 0 amide bonds. The average Bonchev–Trinajstić information content (AvgIpc) is 2.24. The molecule has 1 nitrogen and oxygen atoms in total. The third kappa shape index (κ3) is 4.78. The number of ketones is 1. The predicted octanol–water partition coefficient (Wildman–Crippen LogP) is 4.44. The van der Waals surface area contributed by atoms with Crippen molar-refractivity contribution in [2.45, 2.75) is 59.3 Å². The van der Waals surface area contributed by atoms with Crippen LogP contribution in [0.3, 0.4) is 0 Å². The lowest BCUT2D eigenvalue weighted by Crippen LogP contribution is -2.10. The second-order valence-corrected chi connectivity index (χ2v) is 5.08. The Morgan fingerprint density at radius 2 is 1.62 bits per heavy atom. The van der Waals surface area contributed by atoms with Gasteiger partial charge in [-0.25, -0.2) is 0 Å². The van der Waals surface area contributed by atoms with Gasteiger partial charge in [-0.15, -0.1) is 0 Å². The van der Waals surface area contributed by atoms with Gasteiger partial charge in [-0.3, -0.25) is 4.79 Å². The molecule has 0 aromatic carbocycles. The van der Waals surface area contributed by atoms with Gasteiger partial charge in [-0.1, -0.05) is 30.2 Å². The molecule has 1 atom stereocenters. The molecule has 0 fully saturated rings. The van der Waals surface area contributed by atoms with Gasteiger partial charge in [0, 0.05) is 12.3 Å². The van der Waals surface area contributed by atoms with Crippen LogP contribution in [0.1, 0.15) is 59.3 Å². The molecule has 0 aliphatic heterocycles. The zero-order valence-corrected chi connectivity index (χ0v) is 10.9. The SMILES string of the molecule is C/C1=C/CCC(C)C(=O)CC/C(C)=C\CC1. The molecule has 0 radical (unpaired) electrons. The van der Waals surface area contributed by atoms with Crippen molar-refractivity contribution in [3.63, 3.8) is 0 Å². The lowest BCUT2D eigenvalue weighted by molar-refractivity contribution is -0.122. The maximum absolute atomic E-state index is 11.8. The first kappa shape index (κ1) is 13.2. The fourth-order valence-electron chi connectivity index (χ4n) is 2.06. The van der Waals surface area contributed by atoms with Crippen molar-refractivity contribution in [1.29, 1.82) is 0 Å². The largest absolute Gasteiger partial charge is 0.299 e. The van der Waals surface area contributed by atoms with E-state index in [0.717, 1.165) is 32.1 Å². The lowest BCUT2D eigenvalue weighted by atomic mass is 9.94. The van der Waals surface area contributed by atoms with Gasteiger partial charge in [-0.05, 0) is 46.0 Å². The minimum absolute atomic E-state index is 0.233. The smallest absolute Gasteiger partial charge is 0.136 e. The molecule has 0 saturated heterocycles. The molecule has 1 aliphatic rings. The zero-order chi connectivity index (χ0) is 12.0. The molecule has 0 aromatic heterocycles. The fourth-order valence-corrected chi connectivity index (χ4v) is 2.06. The topological polar surface area (TPSA) is 17.1 Å². The van der Waals surface area contributed by atoms with E-state index in [1.807, 2.05) is 0 Å². The quantitative estimate of drug-likeness (QED) is 0.552. The third-order valence-electron chi connectivity index (χ3n) is 3.44. The molecule has 0 bridgehead atoms. The number of allylic oxidation sites excluding steroid dienone is 4. The molecule has 1 rings (SSSR count). The van der Waals surface area contributed by atoms with Crippen LogP contribution in [0, 0.1) is 5.92 Å². The van der Waals surface area contributed by atoms with Crippen LogP contribution in [0.25, 0.3) is 0 Å². The van der Waals surface area contributed by atoms with Gasteiger partial charge in [0.05, 0.1) is 0 Å². The van der Waals surface area contributed by atoms with Gasteiger partial charge in [0.25, 0.3) is 0 Å². The Morgan fingerprint density at radius 3 is 2.38 bits per heavy atom. The van der Waals surface area contributed by atoms with Crippen LogP contribution in [-0.2, 0) is 4.79 Å². The molecular formula is C15H24O. The highest BCUT2D eigenvalue weighted by Gasteiger charge is 2.12. The van der Waals surface area contributed by atoms with Crippen LogP contribution in [0.15, 0.2) is 23.3 Å². The van der Waals surface area contributed by atoms with Gasteiger partial charge < -0.3 is 0 Å². The van der Waals surface area contributed by atoms with Crippen molar-refractivity contribution < 1.29 is 4.79 Å². The van der Waals surface area contributed by atoms with E-state index in [-0.39, 0.29) is 5.92 Å². The van der Waals surface area contributed by atoms with Gasteiger partial charge >= 0.3 is 0 Å². The first-order valence-corrected chi connectivity index (χ1v) is 6.43. The first-order valence-electron chi connectivity index (χ1n) is 6.43. The summed E-state index contributed by atoms with van der Waals surface area (Å²) >= 11 is 0. The van der Waals surface area contributed by atoms with Crippen molar-refractivity contribution in [2.24, 2.45) is 5.92 Å². The molecule has 1 unspecified atom stereocenters. The fraction of sp³-hybridized carbons (Fsp3) is 0.667. The van der Waals surface area contributed by atoms with E-state index in [0.29, 0.717) is 5.78 Å². The summed E-state index contributed by atoms with van der Waals surface area (Å²) in [6, 6.07) is 0. The maximum atomic E-state index is 11.8. The Balaban J connectivity index is 2.64. The molecular weight excluding hydrogens is 196 g/mol. The first-order chi connectivity index (χ1) is 7.59. The predicted molar refractivity (Wildman–Crippen MR) is 69.4 cm³/mol. The average molecular weight is 220 g/mol. The van der Waals surface area contributed by atoms with Crippen molar-refractivity contribution >= 4 is 5.78 Å². The summed E-state index contributed by atoms with van der Waals surface area (Å²) in [5.74, 6) is 0.663. The molecule has 0 aromatic rings. The Kier molecular flexibility index (Phi) is 5.51. The van der Waals surface area contributed by atoms with E-state index in [1.54, 1.807) is 0 Å². The second-order valence-electron chi connectivity index (χ2n) is 5.08. The van der Waals surface area contributed by atoms with Crippen molar-refractivity contribution in [3.05, 3.63) is 23.3 Å². The molecule has 1 aliphatic carbocycles. The minimum atomic E-state index is 0.233. The van der Waals surface area contributed by atoms with Crippen LogP contribution < -0.4 is 0 Å². The molecule has 16 heavy (non-hydrogen) atoms. The number of carbonyl (C=O) groups excluding carboxylic acids is 1. The van der Waals surface area contributed by atoms with E-state index >= 15 is 0 Å². The summed E-state index contributed by atoms with van der Waals surface area (Å²) in [5.41, 5.74) is 2.83. The van der Waals surface area contributed by atoms with Crippen LogP contribution in [-0.4, -0.2) is 5.78 Å². The van der Waals surface area contributed by atoms with E-state index < -0.39 is 0 Å². The highest BCUT2D eigenvalue weighted by atomic mass is 16.1. The molecule has 0 saturated carbocycles. The Hall–Kier alpha value is -0.850. The molecule has 0 spiro atoms. The van der Waals surface area contributed by atoms with Crippen LogP contribution >= 0.6 is 0 Å². The van der Waals surface area contributed by atoms with Crippen LogP contribution in [0.5, 0.6) is 0 Å². The molecule has 0 N–H and O–H groups in total. The summed E-state index contributed by atoms with van der Waals surface area (Å²) in [7, 11) is 0. The Labute approximate surface area is 99.6 Å². The van der Waals surface area contributed by atoms with Gasteiger partial charge in [0.2, 0.25) is 0 Å². The maximum Gasteiger partial charge on any atom is 0.136 e. The molecule has 90 valence electrons. The highest BCUT2D eigenvalue weighted by molar-refractivity contribution is 5.80. The van der Waals surface area contributed by atoms with Gasteiger partial charge in [-0.2, -0.15) is 0 Å². The van der Waals surface area contributed by atoms with Gasteiger partial charge in [0.1, 0.15) is 5.78 Å². The molecule has 1 heteroatoms. The van der Waals surface area contributed by atoms with Crippen molar-refractivity contribution in [3.8, 4) is 0 Å². The third-order valence-corrected chi connectivity index (χ3v) is 3.44. The van der Waals surface area contributed by atoms with E-state index in [1.165, 1.54) is 17.6 Å². The lowest BCUT2D eigenvalue weighted by Gasteiger charge is -2.11. The summed E-state index contributed by atoms with van der Waals surface area (Å²) in [5, 5.41) is 0. The summed E-state index contributed by atoms with van der Waals surface area (Å²) in [6.07, 6.45) is 10.6. The number of Topliss-reactive ketones (excluding diaryl/α,β-unsaturated/α-hetero) is 1. The van der Waals surface area contributed by atoms with E-state index in [4.69, 9.17) is 0 Å². The normalized spacial score (nSPS) is 31.7. The Bertz CT molecular complexity index is 297. The van der Waals surface area contributed by atoms with Crippen LogP contribution in [0.4, 0.5) is 0 Å². The number of rotatable bonds is 0. The Morgan fingerprint density at radius 1 is 1.00 bits per heavy atom. The standard InChI is InChI=1S/C15H24O/c1-12-6-4-7-13(2)10-11-15(16)14(3)9-5-8-12/h7-8,14H,4-6,9-11H2,1-3H3/b12-8-,13-7-. The second kappa shape index (κ2) is 6.67. The van der Waals surface area contributed by atoms with Gasteiger partial charge in [0.15, 0.2) is 0 Å². The van der Waals surface area contributed by atoms with E-state index in [2.05, 4.69) is 32.9 Å². The number of carbonyl (C=O) groups is 1. The van der Waals surface area contributed by atoms with E-state index in [9.17, 15) is 4.79 Å². The zero-order valence-electron chi connectivity index (χ0n) is 10.9. The minimum Gasteiger partial charge on any atom is -0.299 e. The highest BCUT2D eigenvalue weighted by Crippen LogP contribution is 2.17. The summed E-state index contributed by atoms with van der Waals surface area (Å²) < 4.78 is 0. The number of hydrogen-bond acceptors (Lipinski definition) is 1. The summed E-state index contributed by atoms with van der Waals surface area (Å²) in [4.78, 5) is 11.8. The van der Waals surface area contributed by atoms with Crippen molar-refractivity contribution in [2.75, 3.05) is 0 Å². The molecule has 0 heterocycles. The monoisotopic (exact) mass is 220 g/mol. The number of hydrogen-bond donors (Lipinski definition) is 0.